The number of hydrogen-bond acceptors (Lipinski definition) is 3. The average molecular weight is 214 g/mol. The maximum absolute atomic E-state index is 11.7. The largest absolute Gasteiger partial charge is 0.396 e. The molecule has 0 aliphatic carbocycles. The van der Waals surface area contributed by atoms with Crippen LogP contribution in [0.15, 0.2) is 0 Å². The van der Waals surface area contributed by atoms with E-state index in [4.69, 9.17) is 5.11 Å². The van der Waals surface area contributed by atoms with Gasteiger partial charge in [0, 0.05) is 26.1 Å². The zero-order valence-corrected chi connectivity index (χ0v) is 9.54. The van der Waals surface area contributed by atoms with Crippen LogP contribution in [-0.4, -0.2) is 49.2 Å². The maximum Gasteiger partial charge on any atom is 0.222 e. The fourth-order valence-electron chi connectivity index (χ4n) is 2.05. The first-order valence-corrected chi connectivity index (χ1v) is 5.81. The van der Waals surface area contributed by atoms with E-state index in [0.29, 0.717) is 12.3 Å². The summed E-state index contributed by atoms with van der Waals surface area (Å²) in [5, 5.41) is 11.9. The third-order valence-corrected chi connectivity index (χ3v) is 2.99. The summed E-state index contributed by atoms with van der Waals surface area (Å²) in [6, 6.07) is 0. The minimum absolute atomic E-state index is 0.243. The molecule has 1 heterocycles. The van der Waals surface area contributed by atoms with Crippen LogP contribution < -0.4 is 5.32 Å². The van der Waals surface area contributed by atoms with E-state index in [9.17, 15) is 4.79 Å². The van der Waals surface area contributed by atoms with Crippen molar-refractivity contribution in [3.63, 3.8) is 0 Å². The number of aliphatic hydroxyl groups is 1. The Hall–Kier alpha value is -0.610. The van der Waals surface area contributed by atoms with Crippen LogP contribution in [0.2, 0.25) is 0 Å². The van der Waals surface area contributed by atoms with Gasteiger partial charge in [0.05, 0.1) is 0 Å². The van der Waals surface area contributed by atoms with E-state index in [1.807, 2.05) is 11.9 Å². The molecule has 1 fully saturated rings. The van der Waals surface area contributed by atoms with Gasteiger partial charge in [0.1, 0.15) is 0 Å². The minimum Gasteiger partial charge on any atom is -0.396 e. The van der Waals surface area contributed by atoms with Crippen LogP contribution in [0.3, 0.4) is 0 Å². The highest BCUT2D eigenvalue weighted by atomic mass is 16.3. The van der Waals surface area contributed by atoms with Gasteiger partial charge in [-0.1, -0.05) is 0 Å². The number of amides is 1. The molecule has 1 atom stereocenters. The molecule has 0 spiro atoms. The first-order chi connectivity index (χ1) is 7.27. The fourth-order valence-corrected chi connectivity index (χ4v) is 2.05. The van der Waals surface area contributed by atoms with Crippen molar-refractivity contribution in [1.82, 2.24) is 10.2 Å². The second kappa shape index (κ2) is 6.80. The fraction of sp³-hybridized carbons (Fsp3) is 0.909. The Balaban J connectivity index is 2.18. The Labute approximate surface area is 91.6 Å². The molecule has 0 aromatic carbocycles. The Morgan fingerprint density at radius 3 is 3.07 bits per heavy atom. The van der Waals surface area contributed by atoms with Crippen LogP contribution >= 0.6 is 0 Å². The molecule has 1 aliphatic rings. The van der Waals surface area contributed by atoms with Crippen molar-refractivity contribution in [3.05, 3.63) is 0 Å². The molecule has 15 heavy (non-hydrogen) atoms. The number of nitrogens with zero attached hydrogens (tertiary/aromatic N) is 1. The lowest BCUT2D eigenvalue weighted by atomic mass is 10.1. The lowest BCUT2D eigenvalue weighted by Gasteiger charge is -2.16. The quantitative estimate of drug-likeness (QED) is 0.622. The third-order valence-electron chi connectivity index (χ3n) is 2.99. The molecule has 4 nitrogen and oxygen atoms in total. The number of rotatable bonds is 6. The summed E-state index contributed by atoms with van der Waals surface area (Å²) in [6.07, 6.45) is 3.45. The summed E-state index contributed by atoms with van der Waals surface area (Å²) < 4.78 is 0. The summed E-state index contributed by atoms with van der Waals surface area (Å²) in [6.45, 7) is 2.87. The average Bonchev–Trinajstić information content (AvgIpc) is 2.67. The molecule has 1 aliphatic heterocycles. The molecule has 2 N–H and O–H groups in total. The summed E-state index contributed by atoms with van der Waals surface area (Å²) in [5.74, 6) is 0.786. The Morgan fingerprint density at radius 1 is 1.60 bits per heavy atom. The Morgan fingerprint density at radius 2 is 2.40 bits per heavy atom. The van der Waals surface area contributed by atoms with E-state index < -0.39 is 0 Å². The van der Waals surface area contributed by atoms with E-state index >= 15 is 0 Å². The summed E-state index contributed by atoms with van der Waals surface area (Å²) in [7, 11) is 1.90. The van der Waals surface area contributed by atoms with Gasteiger partial charge in [-0.3, -0.25) is 4.79 Å². The van der Waals surface area contributed by atoms with Crippen LogP contribution in [0.4, 0.5) is 0 Å². The summed E-state index contributed by atoms with van der Waals surface area (Å²) in [4.78, 5) is 13.6. The minimum atomic E-state index is 0.243. The molecule has 0 radical (unpaired) electrons. The molecule has 0 aromatic heterocycles. The van der Waals surface area contributed by atoms with Gasteiger partial charge in [-0.15, -0.1) is 0 Å². The Bertz CT molecular complexity index is 197. The number of likely N-dealkylation sites (tertiary alicyclic amines) is 1. The number of carbonyl (C=O) groups is 1. The second-order valence-corrected chi connectivity index (χ2v) is 4.21. The maximum atomic E-state index is 11.7. The zero-order valence-electron chi connectivity index (χ0n) is 9.54. The molecule has 0 aromatic rings. The first kappa shape index (κ1) is 12.5. The number of hydrogen-bond donors (Lipinski definition) is 2. The van der Waals surface area contributed by atoms with E-state index in [0.717, 1.165) is 38.9 Å². The normalized spacial score (nSPS) is 20.9. The van der Waals surface area contributed by atoms with E-state index in [1.54, 1.807) is 0 Å². The van der Waals surface area contributed by atoms with Crippen molar-refractivity contribution < 1.29 is 9.90 Å². The molecule has 4 heteroatoms. The van der Waals surface area contributed by atoms with E-state index in [2.05, 4.69) is 5.32 Å². The smallest absolute Gasteiger partial charge is 0.222 e. The second-order valence-electron chi connectivity index (χ2n) is 4.21. The monoisotopic (exact) mass is 214 g/mol. The zero-order chi connectivity index (χ0) is 11.1. The van der Waals surface area contributed by atoms with Crippen molar-refractivity contribution in [2.24, 2.45) is 5.92 Å². The number of nitrogens with one attached hydrogen (secondary N) is 1. The highest BCUT2D eigenvalue weighted by Gasteiger charge is 2.24. The van der Waals surface area contributed by atoms with E-state index in [1.165, 1.54) is 0 Å². The summed E-state index contributed by atoms with van der Waals surface area (Å²) in [5.41, 5.74) is 0. The molecule has 1 saturated heterocycles. The lowest BCUT2D eigenvalue weighted by molar-refractivity contribution is -0.130. The SMILES string of the molecule is CNCCCC(=O)N1CCC(CCO)C1. The van der Waals surface area contributed by atoms with Crippen LogP contribution in [-0.2, 0) is 4.79 Å². The van der Waals surface area contributed by atoms with Crippen molar-refractivity contribution in [3.8, 4) is 0 Å². The topological polar surface area (TPSA) is 52.6 Å². The van der Waals surface area contributed by atoms with Gasteiger partial charge in [-0.2, -0.15) is 0 Å². The number of aliphatic hydroxyl groups excluding tert-OH is 1. The molecule has 1 unspecified atom stereocenters. The molecule has 1 rings (SSSR count). The van der Waals surface area contributed by atoms with Gasteiger partial charge in [-0.25, -0.2) is 0 Å². The molecular weight excluding hydrogens is 192 g/mol. The van der Waals surface area contributed by atoms with Crippen molar-refractivity contribution >= 4 is 5.91 Å². The van der Waals surface area contributed by atoms with Crippen LogP contribution in [0, 0.1) is 5.92 Å². The predicted octanol–water partition coefficient (Wildman–Crippen LogP) is 0.217. The van der Waals surface area contributed by atoms with Crippen LogP contribution in [0.5, 0.6) is 0 Å². The van der Waals surface area contributed by atoms with Crippen LogP contribution in [0.1, 0.15) is 25.7 Å². The standard InChI is InChI=1S/C11H22N2O2/c1-12-6-2-3-11(15)13-7-4-10(9-13)5-8-14/h10,12,14H,2-9H2,1H3. The van der Waals surface area contributed by atoms with Crippen molar-refractivity contribution in [1.29, 1.82) is 0 Å². The van der Waals surface area contributed by atoms with Gasteiger partial charge in [0.15, 0.2) is 0 Å². The molecular formula is C11H22N2O2. The third kappa shape index (κ3) is 4.18. The van der Waals surface area contributed by atoms with Gasteiger partial charge in [0.25, 0.3) is 0 Å². The first-order valence-electron chi connectivity index (χ1n) is 5.81. The molecule has 88 valence electrons. The number of carbonyl (C=O) groups excluding carboxylic acids is 1. The highest BCUT2D eigenvalue weighted by Crippen LogP contribution is 2.19. The molecule has 0 bridgehead atoms. The van der Waals surface area contributed by atoms with Gasteiger partial charge in [-0.05, 0) is 38.8 Å². The predicted molar refractivity (Wildman–Crippen MR) is 59.6 cm³/mol. The Kier molecular flexibility index (Phi) is 5.65. The summed E-state index contributed by atoms with van der Waals surface area (Å²) >= 11 is 0. The van der Waals surface area contributed by atoms with E-state index in [-0.39, 0.29) is 12.5 Å². The van der Waals surface area contributed by atoms with Gasteiger partial charge in [0.2, 0.25) is 5.91 Å². The van der Waals surface area contributed by atoms with Gasteiger partial charge >= 0.3 is 0 Å². The van der Waals surface area contributed by atoms with Crippen molar-refractivity contribution in [2.75, 3.05) is 33.3 Å². The van der Waals surface area contributed by atoms with Crippen molar-refractivity contribution in [2.45, 2.75) is 25.7 Å². The highest BCUT2D eigenvalue weighted by molar-refractivity contribution is 5.76. The van der Waals surface area contributed by atoms with Crippen LogP contribution in [0.25, 0.3) is 0 Å². The molecule has 0 saturated carbocycles. The van der Waals surface area contributed by atoms with Gasteiger partial charge < -0.3 is 15.3 Å². The lowest BCUT2D eigenvalue weighted by Crippen LogP contribution is -2.29. The molecule has 1 amide bonds.